The zero-order valence-electron chi connectivity index (χ0n) is 17.1. The maximum Gasteiger partial charge on any atom is 0.262 e. The van der Waals surface area contributed by atoms with E-state index in [4.69, 9.17) is 9.47 Å². The van der Waals surface area contributed by atoms with Crippen molar-refractivity contribution in [2.45, 2.75) is 19.4 Å². The molecule has 1 fully saturated rings. The van der Waals surface area contributed by atoms with Gasteiger partial charge in [-0.25, -0.2) is 0 Å². The Morgan fingerprint density at radius 3 is 2.19 bits per heavy atom. The lowest BCUT2D eigenvalue weighted by atomic mass is 10.2. The quantitative estimate of drug-likeness (QED) is 0.591. The van der Waals surface area contributed by atoms with Gasteiger partial charge in [0.25, 0.3) is 5.91 Å². The highest BCUT2D eigenvalue weighted by molar-refractivity contribution is 5.96. The van der Waals surface area contributed by atoms with E-state index in [1.54, 1.807) is 29.2 Å². The highest BCUT2D eigenvalue weighted by atomic mass is 16.5. The predicted octanol–water partition coefficient (Wildman–Crippen LogP) is 4.41. The predicted molar refractivity (Wildman–Crippen MR) is 119 cm³/mol. The third-order valence-corrected chi connectivity index (χ3v) is 4.98. The van der Waals surface area contributed by atoms with Crippen LogP contribution in [0, 0.1) is 0 Å². The van der Waals surface area contributed by atoms with E-state index in [1.807, 2.05) is 54.6 Å². The Balaban J connectivity index is 1.22. The van der Waals surface area contributed by atoms with Gasteiger partial charge in [0.2, 0.25) is 5.91 Å². The van der Waals surface area contributed by atoms with Crippen LogP contribution >= 0.6 is 0 Å². The molecule has 0 saturated carbocycles. The van der Waals surface area contributed by atoms with Crippen molar-refractivity contribution in [1.29, 1.82) is 0 Å². The molecule has 6 heteroatoms. The summed E-state index contributed by atoms with van der Waals surface area (Å²) in [5, 5.41) is 2.80. The van der Waals surface area contributed by atoms with Crippen LogP contribution in [0.2, 0.25) is 0 Å². The van der Waals surface area contributed by atoms with Gasteiger partial charge in [0.1, 0.15) is 18.1 Å². The van der Waals surface area contributed by atoms with Crippen molar-refractivity contribution >= 4 is 23.2 Å². The summed E-state index contributed by atoms with van der Waals surface area (Å²) >= 11 is 0. The van der Waals surface area contributed by atoms with E-state index < -0.39 is 0 Å². The number of nitrogens with zero attached hydrogens (tertiary/aromatic N) is 1. The van der Waals surface area contributed by atoms with Gasteiger partial charge in [-0.2, -0.15) is 0 Å². The van der Waals surface area contributed by atoms with Crippen LogP contribution in [0.3, 0.4) is 0 Å². The lowest BCUT2D eigenvalue weighted by Crippen LogP contribution is -2.23. The summed E-state index contributed by atoms with van der Waals surface area (Å²) in [6.07, 6.45) is 1.48. The van der Waals surface area contributed by atoms with E-state index in [2.05, 4.69) is 5.32 Å². The Morgan fingerprint density at radius 2 is 1.55 bits per heavy atom. The molecule has 3 aromatic rings. The first-order valence-corrected chi connectivity index (χ1v) is 10.3. The highest BCUT2D eigenvalue weighted by Crippen LogP contribution is 2.23. The second-order valence-electron chi connectivity index (χ2n) is 7.28. The summed E-state index contributed by atoms with van der Waals surface area (Å²) < 4.78 is 11.3. The van der Waals surface area contributed by atoms with E-state index in [1.165, 1.54) is 0 Å². The van der Waals surface area contributed by atoms with Gasteiger partial charge >= 0.3 is 0 Å². The third-order valence-electron chi connectivity index (χ3n) is 4.98. The molecule has 1 aliphatic rings. The van der Waals surface area contributed by atoms with E-state index in [0.717, 1.165) is 30.0 Å². The van der Waals surface area contributed by atoms with Gasteiger partial charge in [-0.05, 0) is 60.5 Å². The lowest BCUT2D eigenvalue weighted by Gasteiger charge is -2.16. The molecule has 158 valence electrons. The number of anilines is 2. The van der Waals surface area contributed by atoms with E-state index >= 15 is 0 Å². The van der Waals surface area contributed by atoms with Crippen LogP contribution in [0.15, 0.2) is 78.9 Å². The summed E-state index contributed by atoms with van der Waals surface area (Å²) in [6.45, 7) is 1.14. The third kappa shape index (κ3) is 5.63. The molecule has 1 saturated heterocycles. The van der Waals surface area contributed by atoms with Gasteiger partial charge in [-0.3, -0.25) is 9.59 Å². The number of hydrogen-bond donors (Lipinski definition) is 1. The molecule has 0 unspecified atom stereocenters. The summed E-state index contributed by atoms with van der Waals surface area (Å²) in [7, 11) is 0. The molecule has 1 N–H and O–H groups in total. The Morgan fingerprint density at radius 1 is 0.871 bits per heavy atom. The molecule has 0 atom stereocenters. The first kappa shape index (κ1) is 20.5. The van der Waals surface area contributed by atoms with Crippen LogP contribution in [0.25, 0.3) is 0 Å². The summed E-state index contributed by atoms with van der Waals surface area (Å²) in [5.41, 5.74) is 2.61. The maximum absolute atomic E-state index is 12.2. The van der Waals surface area contributed by atoms with E-state index in [-0.39, 0.29) is 18.4 Å². The van der Waals surface area contributed by atoms with Gasteiger partial charge in [-0.15, -0.1) is 0 Å². The molecule has 31 heavy (non-hydrogen) atoms. The molecule has 3 aromatic carbocycles. The highest BCUT2D eigenvalue weighted by Gasteiger charge is 2.21. The number of carbonyl (C=O) groups excluding carboxylic acids is 2. The molecule has 0 radical (unpaired) electrons. The van der Waals surface area contributed by atoms with Crippen molar-refractivity contribution in [2.75, 3.05) is 23.4 Å². The lowest BCUT2D eigenvalue weighted by molar-refractivity contribution is -0.118. The fourth-order valence-electron chi connectivity index (χ4n) is 3.36. The number of rotatable bonds is 8. The summed E-state index contributed by atoms with van der Waals surface area (Å²) in [4.78, 5) is 25.8. The van der Waals surface area contributed by atoms with Gasteiger partial charge < -0.3 is 19.7 Å². The van der Waals surface area contributed by atoms with Crippen molar-refractivity contribution in [3.05, 3.63) is 84.4 Å². The number of nitrogens with one attached hydrogen (secondary N) is 1. The van der Waals surface area contributed by atoms with Crippen LogP contribution in [0.1, 0.15) is 18.4 Å². The monoisotopic (exact) mass is 416 g/mol. The van der Waals surface area contributed by atoms with E-state index in [0.29, 0.717) is 24.5 Å². The van der Waals surface area contributed by atoms with Crippen LogP contribution in [0.4, 0.5) is 11.4 Å². The number of amides is 2. The topological polar surface area (TPSA) is 67.9 Å². The summed E-state index contributed by atoms with van der Waals surface area (Å²) in [5.74, 6) is 1.21. The van der Waals surface area contributed by atoms with Gasteiger partial charge in [0, 0.05) is 24.3 Å². The average Bonchev–Trinajstić information content (AvgIpc) is 3.24. The molecule has 0 aromatic heterocycles. The SMILES string of the molecule is O=C(COc1ccc(OCc2ccccc2)cc1)Nc1ccc(N2CCCC2=O)cc1. The average molecular weight is 416 g/mol. The molecule has 0 spiro atoms. The fraction of sp³-hybridized carbons (Fsp3) is 0.200. The second kappa shape index (κ2) is 9.80. The van der Waals surface area contributed by atoms with Crippen molar-refractivity contribution in [3.8, 4) is 11.5 Å². The van der Waals surface area contributed by atoms with Crippen LogP contribution < -0.4 is 19.7 Å². The van der Waals surface area contributed by atoms with E-state index in [9.17, 15) is 9.59 Å². The van der Waals surface area contributed by atoms with Crippen LogP contribution in [-0.4, -0.2) is 25.0 Å². The zero-order chi connectivity index (χ0) is 21.5. The summed E-state index contributed by atoms with van der Waals surface area (Å²) in [6, 6.07) is 24.4. The maximum atomic E-state index is 12.2. The first-order valence-electron chi connectivity index (χ1n) is 10.3. The molecule has 1 heterocycles. The second-order valence-corrected chi connectivity index (χ2v) is 7.28. The fourth-order valence-corrected chi connectivity index (χ4v) is 3.36. The number of hydrogen-bond acceptors (Lipinski definition) is 4. The minimum Gasteiger partial charge on any atom is -0.489 e. The van der Waals surface area contributed by atoms with Crippen LogP contribution in [-0.2, 0) is 16.2 Å². The van der Waals surface area contributed by atoms with Crippen LogP contribution in [0.5, 0.6) is 11.5 Å². The molecular formula is C25H24N2O4. The normalized spacial score (nSPS) is 13.2. The Hall–Kier alpha value is -3.80. The van der Waals surface area contributed by atoms with Gasteiger partial charge in [0.15, 0.2) is 6.61 Å². The molecule has 2 amide bonds. The van der Waals surface area contributed by atoms with Gasteiger partial charge in [-0.1, -0.05) is 30.3 Å². The Kier molecular flexibility index (Phi) is 6.47. The minimum absolute atomic E-state index is 0.101. The number of benzene rings is 3. The molecule has 4 rings (SSSR count). The smallest absolute Gasteiger partial charge is 0.262 e. The molecular weight excluding hydrogens is 392 g/mol. The number of carbonyl (C=O) groups is 2. The van der Waals surface area contributed by atoms with Crippen molar-refractivity contribution < 1.29 is 19.1 Å². The minimum atomic E-state index is -0.255. The molecule has 0 aliphatic carbocycles. The van der Waals surface area contributed by atoms with Crippen molar-refractivity contribution in [2.24, 2.45) is 0 Å². The largest absolute Gasteiger partial charge is 0.489 e. The Bertz CT molecular complexity index is 1020. The van der Waals surface area contributed by atoms with Crippen molar-refractivity contribution in [3.63, 3.8) is 0 Å². The Labute approximate surface area is 181 Å². The molecule has 0 bridgehead atoms. The first-order chi connectivity index (χ1) is 15.2. The number of ether oxygens (including phenoxy) is 2. The standard InChI is InChI=1S/C25H24N2O4/c28-24(26-20-8-10-21(11-9-20)27-16-4-7-25(27)29)18-31-23-14-12-22(13-15-23)30-17-19-5-2-1-3-6-19/h1-3,5-6,8-15H,4,7,16-18H2,(H,26,28). The zero-order valence-corrected chi connectivity index (χ0v) is 17.1. The molecule has 6 nitrogen and oxygen atoms in total. The molecule has 1 aliphatic heterocycles. The van der Waals surface area contributed by atoms with Crippen molar-refractivity contribution in [1.82, 2.24) is 0 Å². The van der Waals surface area contributed by atoms with Gasteiger partial charge in [0.05, 0.1) is 0 Å².